The van der Waals surface area contributed by atoms with Crippen molar-refractivity contribution in [2.24, 2.45) is 11.8 Å². The Labute approximate surface area is 124 Å². The summed E-state index contributed by atoms with van der Waals surface area (Å²) in [5.41, 5.74) is 4.31. The van der Waals surface area contributed by atoms with Gasteiger partial charge in [0, 0.05) is 12.2 Å². The van der Waals surface area contributed by atoms with Crippen LogP contribution in [0, 0.1) is 12.8 Å². The van der Waals surface area contributed by atoms with E-state index in [9.17, 15) is 0 Å². The van der Waals surface area contributed by atoms with E-state index < -0.39 is 0 Å². The van der Waals surface area contributed by atoms with Crippen LogP contribution in [0.4, 0.5) is 0 Å². The molecule has 1 aromatic heterocycles. The predicted octanol–water partition coefficient (Wildman–Crippen LogP) is 2.78. The van der Waals surface area contributed by atoms with Gasteiger partial charge in [0.1, 0.15) is 5.76 Å². The van der Waals surface area contributed by atoms with E-state index in [1.54, 1.807) is 6.26 Å². The lowest BCUT2D eigenvalue weighted by Gasteiger charge is -2.45. The van der Waals surface area contributed by atoms with Gasteiger partial charge in [-0.15, -0.1) is 0 Å². The van der Waals surface area contributed by atoms with Crippen molar-refractivity contribution in [3.8, 4) is 0 Å². The van der Waals surface area contributed by atoms with Crippen LogP contribution in [0.25, 0.3) is 0 Å². The molecule has 0 aromatic carbocycles. The van der Waals surface area contributed by atoms with Crippen LogP contribution >= 0.6 is 11.8 Å². The highest BCUT2D eigenvalue weighted by molar-refractivity contribution is 7.99. The van der Waals surface area contributed by atoms with E-state index >= 15 is 0 Å². The summed E-state index contributed by atoms with van der Waals surface area (Å²) in [4.78, 5) is 0. The maximum atomic E-state index is 6.17. The SMILES string of the molecule is Cc1occc1C(NN)C1CCOC2(CCSCC2)C1. The fraction of sp³-hybridized carbons (Fsp3) is 0.733. The molecule has 0 saturated carbocycles. The zero-order valence-corrected chi connectivity index (χ0v) is 12.9. The number of thioether (sulfide) groups is 1. The van der Waals surface area contributed by atoms with Gasteiger partial charge in [-0.1, -0.05) is 0 Å². The molecule has 3 N–H and O–H groups in total. The Morgan fingerprint density at radius 2 is 2.25 bits per heavy atom. The van der Waals surface area contributed by atoms with Gasteiger partial charge in [-0.2, -0.15) is 11.8 Å². The minimum atomic E-state index is 0.0981. The van der Waals surface area contributed by atoms with E-state index in [-0.39, 0.29) is 11.6 Å². The summed E-state index contributed by atoms with van der Waals surface area (Å²) in [5, 5.41) is 0. The first-order chi connectivity index (χ1) is 9.74. The number of aryl methyl sites for hydroxylation is 1. The second kappa shape index (κ2) is 6.10. The van der Waals surface area contributed by atoms with Crippen LogP contribution in [0.3, 0.4) is 0 Å². The molecule has 2 aliphatic rings. The summed E-state index contributed by atoms with van der Waals surface area (Å²) >= 11 is 2.04. The number of hydrogen-bond donors (Lipinski definition) is 2. The minimum Gasteiger partial charge on any atom is -0.469 e. The molecule has 0 bridgehead atoms. The van der Waals surface area contributed by atoms with Crippen LogP contribution in [0.5, 0.6) is 0 Å². The number of nitrogens with one attached hydrogen (secondary N) is 1. The second-order valence-electron chi connectivity index (χ2n) is 5.97. The van der Waals surface area contributed by atoms with Gasteiger partial charge >= 0.3 is 0 Å². The molecule has 2 unspecified atom stereocenters. The van der Waals surface area contributed by atoms with Crippen molar-refractivity contribution in [1.82, 2.24) is 5.43 Å². The lowest BCUT2D eigenvalue weighted by Crippen LogP contribution is -2.46. The van der Waals surface area contributed by atoms with Gasteiger partial charge in [-0.05, 0) is 56.1 Å². The van der Waals surface area contributed by atoms with Gasteiger partial charge in [-0.25, -0.2) is 0 Å². The molecule has 2 atom stereocenters. The lowest BCUT2D eigenvalue weighted by molar-refractivity contribution is -0.107. The topological polar surface area (TPSA) is 60.4 Å². The molecule has 0 aliphatic carbocycles. The Kier molecular flexibility index (Phi) is 4.40. The van der Waals surface area contributed by atoms with Crippen molar-refractivity contribution in [1.29, 1.82) is 0 Å². The lowest BCUT2D eigenvalue weighted by atomic mass is 9.77. The number of hydrazine groups is 1. The average Bonchev–Trinajstić information content (AvgIpc) is 2.87. The second-order valence-corrected chi connectivity index (χ2v) is 7.20. The number of nitrogens with two attached hydrogens (primary N) is 1. The Balaban J connectivity index is 1.76. The average molecular weight is 296 g/mol. The van der Waals surface area contributed by atoms with Crippen molar-refractivity contribution in [2.45, 2.75) is 44.2 Å². The molecule has 2 fully saturated rings. The molecule has 20 heavy (non-hydrogen) atoms. The monoisotopic (exact) mass is 296 g/mol. The van der Waals surface area contributed by atoms with E-state index in [0.717, 1.165) is 25.2 Å². The third-order valence-corrected chi connectivity index (χ3v) is 5.81. The molecule has 3 rings (SSSR count). The van der Waals surface area contributed by atoms with Gasteiger partial charge in [0.25, 0.3) is 0 Å². The van der Waals surface area contributed by atoms with Crippen LogP contribution in [0.2, 0.25) is 0 Å². The molecule has 0 radical (unpaired) electrons. The summed E-state index contributed by atoms with van der Waals surface area (Å²) in [7, 11) is 0. The van der Waals surface area contributed by atoms with Crippen molar-refractivity contribution >= 4 is 11.8 Å². The van der Waals surface area contributed by atoms with Crippen LogP contribution in [0.15, 0.2) is 16.7 Å². The number of rotatable bonds is 3. The Morgan fingerprint density at radius 3 is 2.90 bits per heavy atom. The fourth-order valence-electron chi connectivity index (χ4n) is 3.64. The molecule has 1 aromatic rings. The first-order valence-corrected chi connectivity index (χ1v) is 8.61. The highest BCUT2D eigenvalue weighted by Crippen LogP contribution is 2.43. The summed E-state index contributed by atoms with van der Waals surface area (Å²) in [6.07, 6.45) is 6.27. The molecule has 112 valence electrons. The summed E-state index contributed by atoms with van der Waals surface area (Å²) in [6.45, 7) is 2.86. The van der Waals surface area contributed by atoms with E-state index in [4.69, 9.17) is 15.0 Å². The smallest absolute Gasteiger partial charge is 0.105 e. The third-order valence-electron chi connectivity index (χ3n) is 4.82. The molecule has 3 heterocycles. The van der Waals surface area contributed by atoms with Crippen LogP contribution in [-0.4, -0.2) is 23.7 Å². The summed E-state index contributed by atoms with van der Waals surface area (Å²) in [5.74, 6) is 9.77. The molecule has 5 heteroatoms. The van der Waals surface area contributed by atoms with E-state index in [1.807, 2.05) is 24.8 Å². The van der Waals surface area contributed by atoms with Crippen LogP contribution < -0.4 is 11.3 Å². The number of hydrogen-bond acceptors (Lipinski definition) is 5. The van der Waals surface area contributed by atoms with E-state index in [2.05, 4.69) is 5.43 Å². The summed E-state index contributed by atoms with van der Waals surface area (Å²) in [6, 6.07) is 2.21. The normalized spacial score (nSPS) is 27.6. The molecule has 1 spiro atoms. The molecule has 2 saturated heterocycles. The number of ether oxygens (including phenoxy) is 1. The highest BCUT2D eigenvalue weighted by atomic mass is 32.2. The van der Waals surface area contributed by atoms with Gasteiger partial charge in [0.05, 0.1) is 17.9 Å². The van der Waals surface area contributed by atoms with E-state index in [0.29, 0.717) is 5.92 Å². The van der Waals surface area contributed by atoms with Gasteiger partial charge < -0.3 is 9.15 Å². The van der Waals surface area contributed by atoms with Crippen LogP contribution in [-0.2, 0) is 4.74 Å². The quantitative estimate of drug-likeness (QED) is 0.663. The molecular formula is C15H24N2O2S. The zero-order valence-electron chi connectivity index (χ0n) is 12.1. The Morgan fingerprint density at radius 1 is 1.45 bits per heavy atom. The first-order valence-electron chi connectivity index (χ1n) is 7.46. The predicted molar refractivity (Wildman–Crippen MR) is 81.5 cm³/mol. The molecular weight excluding hydrogens is 272 g/mol. The Hall–Kier alpha value is -0.490. The van der Waals surface area contributed by atoms with E-state index in [1.165, 1.54) is 29.9 Å². The number of furan rings is 1. The Bertz CT molecular complexity index is 437. The van der Waals surface area contributed by atoms with Crippen molar-refractivity contribution in [3.63, 3.8) is 0 Å². The van der Waals surface area contributed by atoms with Gasteiger partial charge in [-0.3, -0.25) is 11.3 Å². The maximum Gasteiger partial charge on any atom is 0.105 e. The standard InChI is InChI=1S/C15H24N2O2S/c1-11-13(3-6-18-11)14(17-16)12-2-7-19-15(10-12)4-8-20-9-5-15/h3,6,12,14,17H,2,4-5,7-10,16H2,1H3. The van der Waals surface area contributed by atoms with Gasteiger partial charge in [0.2, 0.25) is 0 Å². The third kappa shape index (κ3) is 2.77. The minimum absolute atomic E-state index is 0.0981. The molecule has 2 aliphatic heterocycles. The summed E-state index contributed by atoms with van der Waals surface area (Å²) < 4.78 is 11.6. The largest absolute Gasteiger partial charge is 0.469 e. The maximum absolute atomic E-state index is 6.17. The van der Waals surface area contributed by atoms with Gasteiger partial charge in [0.15, 0.2) is 0 Å². The fourth-order valence-corrected chi connectivity index (χ4v) is 4.88. The van der Waals surface area contributed by atoms with Crippen molar-refractivity contribution in [3.05, 3.63) is 23.7 Å². The molecule has 4 nitrogen and oxygen atoms in total. The zero-order chi connectivity index (χ0) is 14.0. The van der Waals surface area contributed by atoms with Crippen molar-refractivity contribution < 1.29 is 9.15 Å². The first kappa shape index (κ1) is 14.4. The highest BCUT2D eigenvalue weighted by Gasteiger charge is 2.41. The van der Waals surface area contributed by atoms with Crippen LogP contribution in [0.1, 0.15) is 43.0 Å². The molecule has 0 amide bonds. The van der Waals surface area contributed by atoms with Crippen molar-refractivity contribution in [2.75, 3.05) is 18.1 Å².